The summed E-state index contributed by atoms with van der Waals surface area (Å²) in [6.07, 6.45) is 1.47. The van der Waals surface area contributed by atoms with E-state index in [0.29, 0.717) is 16.5 Å². The minimum atomic E-state index is -1.10. The zero-order chi connectivity index (χ0) is 15.9. The number of benzene rings is 2. The molecule has 0 radical (unpaired) electrons. The molecule has 1 aromatic heterocycles. The smallest absolute Gasteiger partial charge is 0.336 e. The number of carbonyl (C=O) groups is 1. The summed E-state index contributed by atoms with van der Waals surface area (Å²) >= 11 is 0. The highest BCUT2D eigenvalue weighted by molar-refractivity contribution is 6.04. The summed E-state index contributed by atoms with van der Waals surface area (Å²) in [7, 11) is 0. The number of carboxylic acid groups (broad SMARTS) is 1. The molecule has 0 bridgehead atoms. The van der Waals surface area contributed by atoms with Gasteiger partial charge in [0.25, 0.3) is 0 Å². The van der Waals surface area contributed by atoms with Gasteiger partial charge in [-0.3, -0.25) is 4.98 Å². The first kappa shape index (κ1) is 14.1. The Morgan fingerprint density at radius 3 is 2.45 bits per heavy atom. The Balaban J connectivity index is 2.34. The second kappa shape index (κ2) is 5.18. The van der Waals surface area contributed by atoms with E-state index in [0.717, 1.165) is 12.1 Å². The lowest BCUT2D eigenvalue weighted by Gasteiger charge is -2.09. The second-order valence-corrected chi connectivity index (χ2v) is 4.95. The van der Waals surface area contributed by atoms with Crippen molar-refractivity contribution in [2.75, 3.05) is 0 Å². The van der Waals surface area contributed by atoms with Gasteiger partial charge in [-0.15, -0.1) is 0 Å². The first-order valence-corrected chi connectivity index (χ1v) is 6.56. The van der Waals surface area contributed by atoms with Gasteiger partial charge in [0, 0.05) is 11.6 Å². The lowest BCUT2D eigenvalue weighted by atomic mass is 9.98. The van der Waals surface area contributed by atoms with Crippen molar-refractivity contribution in [1.29, 1.82) is 0 Å². The van der Waals surface area contributed by atoms with Gasteiger partial charge in [0.1, 0.15) is 11.6 Å². The summed E-state index contributed by atoms with van der Waals surface area (Å²) in [5.74, 6) is -2.50. The molecule has 0 spiro atoms. The third-order valence-corrected chi connectivity index (χ3v) is 3.52. The Morgan fingerprint density at radius 2 is 1.82 bits per heavy atom. The largest absolute Gasteiger partial charge is 0.478 e. The Morgan fingerprint density at radius 1 is 1.14 bits per heavy atom. The van der Waals surface area contributed by atoms with Crippen molar-refractivity contribution in [2.45, 2.75) is 6.92 Å². The molecule has 2 aromatic carbocycles. The van der Waals surface area contributed by atoms with Gasteiger partial charge in [0.2, 0.25) is 0 Å². The molecule has 0 saturated heterocycles. The minimum absolute atomic E-state index is 0.0867. The summed E-state index contributed by atoms with van der Waals surface area (Å²) in [6.45, 7) is 1.63. The van der Waals surface area contributed by atoms with Crippen LogP contribution in [0.4, 0.5) is 8.78 Å². The van der Waals surface area contributed by atoms with Crippen molar-refractivity contribution >= 4 is 16.9 Å². The molecule has 3 rings (SSSR count). The van der Waals surface area contributed by atoms with Gasteiger partial charge in [0.05, 0.1) is 16.6 Å². The molecule has 0 amide bonds. The number of aromatic nitrogens is 1. The van der Waals surface area contributed by atoms with Crippen LogP contribution in [-0.4, -0.2) is 16.1 Å². The molecule has 3 aromatic rings. The van der Waals surface area contributed by atoms with Crippen molar-refractivity contribution < 1.29 is 18.7 Å². The molecule has 0 fully saturated rings. The zero-order valence-electron chi connectivity index (χ0n) is 11.6. The third-order valence-electron chi connectivity index (χ3n) is 3.52. The molecule has 0 saturated carbocycles. The fourth-order valence-electron chi connectivity index (χ4n) is 2.51. The van der Waals surface area contributed by atoms with Gasteiger partial charge < -0.3 is 5.11 Å². The lowest BCUT2D eigenvalue weighted by molar-refractivity contribution is 0.0698. The highest BCUT2D eigenvalue weighted by Gasteiger charge is 2.16. The van der Waals surface area contributed by atoms with E-state index in [1.54, 1.807) is 13.0 Å². The summed E-state index contributed by atoms with van der Waals surface area (Å²) in [5, 5.41) is 9.71. The number of aromatic carboxylic acids is 1. The average Bonchev–Trinajstić information content (AvgIpc) is 2.46. The van der Waals surface area contributed by atoms with E-state index in [1.165, 1.54) is 24.4 Å². The molecule has 0 aliphatic carbocycles. The van der Waals surface area contributed by atoms with Crippen LogP contribution >= 0.6 is 0 Å². The SMILES string of the molecule is Cc1cnc2ccc(-c3c(F)cccc3F)cc2c1C(=O)O. The molecule has 0 aliphatic rings. The maximum Gasteiger partial charge on any atom is 0.336 e. The maximum atomic E-state index is 13.9. The molecule has 3 nitrogen and oxygen atoms in total. The fraction of sp³-hybridized carbons (Fsp3) is 0.0588. The lowest BCUT2D eigenvalue weighted by Crippen LogP contribution is -2.02. The summed E-state index contributed by atoms with van der Waals surface area (Å²) < 4.78 is 27.8. The number of hydrogen-bond donors (Lipinski definition) is 1. The van der Waals surface area contributed by atoms with Crippen molar-refractivity contribution in [3.63, 3.8) is 0 Å². The molecule has 1 heterocycles. The number of rotatable bonds is 2. The standard InChI is InChI=1S/C17H11F2NO2/c1-9-8-20-14-6-5-10(7-11(14)15(9)17(21)22)16-12(18)3-2-4-13(16)19/h2-8H,1H3,(H,21,22). The first-order valence-electron chi connectivity index (χ1n) is 6.56. The molecule has 5 heteroatoms. The van der Waals surface area contributed by atoms with Crippen molar-refractivity contribution in [2.24, 2.45) is 0 Å². The van der Waals surface area contributed by atoms with Crippen LogP contribution < -0.4 is 0 Å². The van der Waals surface area contributed by atoms with E-state index in [2.05, 4.69) is 4.98 Å². The second-order valence-electron chi connectivity index (χ2n) is 4.95. The molecule has 22 heavy (non-hydrogen) atoms. The summed E-state index contributed by atoms with van der Waals surface area (Å²) in [6, 6.07) is 8.15. The van der Waals surface area contributed by atoms with E-state index in [9.17, 15) is 18.7 Å². The number of nitrogens with zero attached hydrogens (tertiary/aromatic N) is 1. The van der Waals surface area contributed by atoms with E-state index >= 15 is 0 Å². The number of pyridine rings is 1. The van der Waals surface area contributed by atoms with Crippen molar-refractivity contribution in [1.82, 2.24) is 4.98 Å². The zero-order valence-corrected chi connectivity index (χ0v) is 11.6. The van der Waals surface area contributed by atoms with Gasteiger partial charge in [-0.1, -0.05) is 12.1 Å². The Labute approximate surface area is 124 Å². The number of aryl methyl sites for hydroxylation is 1. The molecule has 110 valence electrons. The third kappa shape index (κ3) is 2.20. The van der Waals surface area contributed by atoms with Gasteiger partial charge in [-0.05, 0) is 42.3 Å². The van der Waals surface area contributed by atoms with Gasteiger partial charge in [0.15, 0.2) is 0 Å². The number of carboxylic acids is 1. The van der Waals surface area contributed by atoms with Crippen LogP contribution in [0.2, 0.25) is 0 Å². The van der Waals surface area contributed by atoms with E-state index < -0.39 is 17.6 Å². The van der Waals surface area contributed by atoms with E-state index in [4.69, 9.17) is 0 Å². The van der Waals surface area contributed by atoms with E-state index in [1.807, 2.05) is 0 Å². The van der Waals surface area contributed by atoms with Crippen LogP contribution in [-0.2, 0) is 0 Å². The predicted octanol–water partition coefficient (Wildman–Crippen LogP) is 4.19. The van der Waals surface area contributed by atoms with E-state index in [-0.39, 0.29) is 16.7 Å². The topological polar surface area (TPSA) is 50.2 Å². The van der Waals surface area contributed by atoms with Gasteiger partial charge in [-0.25, -0.2) is 13.6 Å². The molecule has 1 N–H and O–H groups in total. The quantitative estimate of drug-likeness (QED) is 0.772. The summed E-state index contributed by atoms with van der Waals surface area (Å²) in [4.78, 5) is 15.6. The van der Waals surface area contributed by atoms with Gasteiger partial charge in [-0.2, -0.15) is 0 Å². The van der Waals surface area contributed by atoms with Crippen LogP contribution in [0.25, 0.3) is 22.0 Å². The molecular weight excluding hydrogens is 288 g/mol. The first-order chi connectivity index (χ1) is 10.5. The van der Waals surface area contributed by atoms with Gasteiger partial charge >= 0.3 is 5.97 Å². The van der Waals surface area contributed by atoms with Crippen LogP contribution in [0.15, 0.2) is 42.6 Å². The Hall–Kier alpha value is -2.82. The molecule has 0 unspecified atom stereocenters. The number of hydrogen-bond acceptors (Lipinski definition) is 2. The van der Waals surface area contributed by atoms with Crippen LogP contribution in [0.5, 0.6) is 0 Å². The number of fused-ring (bicyclic) bond motifs is 1. The molecular formula is C17H11F2NO2. The highest BCUT2D eigenvalue weighted by Crippen LogP contribution is 2.30. The Kier molecular flexibility index (Phi) is 3.33. The van der Waals surface area contributed by atoms with Crippen molar-refractivity contribution in [3.8, 4) is 11.1 Å². The maximum absolute atomic E-state index is 13.9. The minimum Gasteiger partial charge on any atom is -0.478 e. The van der Waals surface area contributed by atoms with Crippen LogP contribution in [0, 0.1) is 18.6 Å². The average molecular weight is 299 g/mol. The fourth-order valence-corrected chi connectivity index (χ4v) is 2.51. The monoisotopic (exact) mass is 299 g/mol. The van der Waals surface area contributed by atoms with Crippen LogP contribution in [0.1, 0.15) is 15.9 Å². The molecule has 0 aliphatic heterocycles. The summed E-state index contributed by atoms with van der Waals surface area (Å²) in [5.41, 5.74) is 1.14. The molecule has 0 atom stereocenters. The predicted molar refractivity (Wildman–Crippen MR) is 78.8 cm³/mol. The Bertz CT molecular complexity index is 886. The highest BCUT2D eigenvalue weighted by atomic mass is 19.1. The van der Waals surface area contributed by atoms with Crippen LogP contribution in [0.3, 0.4) is 0 Å². The number of halogens is 2. The normalized spacial score (nSPS) is 10.9. The van der Waals surface area contributed by atoms with Crippen molar-refractivity contribution in [3.05, 3.63) is 65.4 Å².